The summed E-state index contributed by atoms with van der Waals surface area (Å²) in [5, 5.41) is 8.90. The molecule has 0 saturated carbocycles. The standard InChI is InChI=1S/C13H17N3O4/c1-2-20-12(17)10-4-3-5-11(14-10)15-6-8-16(9-7-15)13(18)19/h3-5H,2,6-9H2,1H3,(H,18,19). The molecule has 2 heterocycles. The molecule has 0 aliphatic carbocycles. The van der Waals surface area contributed by atoms with E-state index in [2.05, 4.69) is 4.98 Å². The first-order valence-corrected chi connectivity index (χ1v) is 6.49. The third-order valence-electron chi connectivity index (χ3n) is 3.09. The zero-order chi connectivity index (χ0) is 14.5. The molecule has 0 atom stereocenters. The van der Waals surface area contributed by atoms with E-state index < -0.39 is 12.1 Å². The highest BCUT2D eigenvalue weighted by atomic mass is 16.5. The van der Waals surface area contributed by atoms with Crippen LogP contribution in [0.2, 0.25) is 0 Å². The van der Waals surface area contributed by atoms with Gasteiger partial charge in [0.2, 0.25) is 0 Å². The van der Waals surface area contributed by atoms with Crippen LogP contribution >= 0.6 is 0 Å². The van der Waals surface area contributed by atoms with E-state index >= 15 is 0 Å². The maximum atomic E-state index is 11.6. The Labute approximate surface area is 116 Å². The van der Waals surface area contributed by atoms with Gasteiger partial charge in [-0.15, -0.1) is 0 Å². The third-order valence-corrected chi connectivity index (χ3v) is 3.09. The van der Waals surface area contributed by atoms with E-state index in [1.165, 1.54) is 4.90 Å². The van der Waals surface area contributed by atoms with E-state index in [0.29, 0.717) is 38.6 Å². The first-order valence-electron chi connectivity index (χ1n) is 6.49. The lowest BCUT2D eigenvalue weighted by molar-refractivity contribution is 0.0519. The quantitative estimate of drug-likeness (QED) is 0.833. The summed E-state index contributed by atoms with van der Waals surface area (Å²) < 4.78 is 4.91. The van der Waals surface area contributed by atoms with E-state index in [-0.39, 0.29) is 5.69 Å². The monoisotopic (exact) mass is 279 g/mol. The van der Waals surface area contributed by atoms with Gasteiger partial charge in [-0.25, -0.2) is 14.6 Å². The molecule has 0 spiro atoms. The largest absolute Gasteiger partial charge is 0.465 e. The Balaban J connectivity index is 2.05. The Kier molecular flexibility index (Phi) is 4.39. The lowest BCUT2D eigenvalue weighted by atomic mass is 10.3. The van der Waals surface area contributed by atoms with Gasteiger partial charge >= 0.3 is 12.1 Å². The Morgan fingerprint density at radius 3 is 2.60 bits per heavy atom. The van der Waals surface area contributed by atoms with Gasteiger partial charge in [0.05, 0.1) is 6.61 Å². The number of esters is 1. The van der Waals surface area contributed by atoms with Gasteiger partial charge in [0.15, 0.2) is 5.69 Å². The minimum atomic E-state index is -0.905. The van der Waals surface area contributed by atoms with Crippen LogP contribution in [0, 0.1) is 0 Å². The summed E-state index contributed by atoms with van der Waals surface area (Å²) in [6.45, 7) is 4.04. The smallest absolute Gasteiger partial charge is 0.407 e. The van der Waals surface area contributed by atoms with E-state index in [4.69, 9.17) is 9.84 Å². The molecule has 1 aromatic heterocycles. The molecule has 7 nitrogen and oxygen atoms in total. The number of anilines is 1. The van der Waals surface area contributed by atoms with Crippen LogP contribution in [0.1, 0.15) is 17.4 Å². The fourth-order valence-corrected chi connectivity index (χ4v) is 2.04. The van der Waals surface area contributed by atoms with E-state index in [1.54, 1.807) is 25.1 Å². The molecule has 1 fully saturated rings. The lowest BCUT2D eigenvalue weighted by Gasteiger charge is -2.33. The second-order valence-corrected chi connectivity index (χ2v) is 4.36. The lowest BCUT2D eigenvalue weighted by Crippen LogP contribution is -2.48. The van der Waals surface area contributed by atoms with E-state index in [0.717, 1.165) is 0 Å². The molecule has 1 amide bonds. The van der Waals surface area contributed by atoms with Crippen LogP contribution in [0.25, 0.3) is 0 Å². The second-order valence-electron chi connectivity index (χ2n) is 4.36. The molecule has 1 aromatic rings. The number of nitrogens with zero attached hydrogens (tertiary/aromatic N) is 3. The Hall–Kier alpha value is -2.31. The predicted molar refractivity (Wildman–Crippen MR) is 72.0 cm³/mol. The molecule has 1 saturated heterocycles. The number of pyridine rings is 1. The Bertz CT molecular complexity index is 498. The van der Waals surface area contributed by atoms with Gasteiger partial charge in [0.1, 0.15) is 5.82 Å². The van der Waals surface area contributed by atoms with Crippen LogP contribution in [-0.4, -0.2) is 59.8 Å². The summed E-state index contributed by atoms with van der Waals surface area (Å²) in [7, 11) is 0. The van der Waals surface area contributed by atoms with Gasteiger partial charge in [0.25, 0.3) is 0 Å². The number of carbonyl (C=O) groups excluding carboxylic acids is 1. The van der Waals surface area contributed by atoms with E-state index in [1.807, 2.05) is 4.90 Å². The molecule has 1 N–H and O–H groups in total. The summed E-state index contributed by atoms with van der Waals surface area (Å²) >= 11 is 0. The Morgan fingerprint density at radius 1 is 1.30 bits per heavy atom. The third kappa shape index (κ3) is 3.17. The van der Waals surface area contributed by atoms with Crippen molar-refractivity contribution in [3.63, 3.8) is 0 Å². The molecule has 108 valence electrons. The topological polar surface area (TPSA) is 83.0 Å². The minimum absolute atomic E-state index is 0.269. The second kappa shape index (κ2) is 6.23. The van der Waals surface area contributed by atoms with Gasteiger partial charge in [-0.2, -0.15) is 0 Å². The van der Waals surface area contributed by atoms with Crippen LogP contribution in [0.3, 0.4) is 0 Å². The molecule has 0 radical (unpaired) electrons. The van der Waals surface area contributed by atoms with Crippen molar-refractivity contribution in [2.45, 2.75) is 6.92 Å². The average molecular weight is 279 g/mol. The molecule has 1 aliphatic heterocycles. The van der Waals surface area contributed by atoms with E-state index in [9.17, 15) is 9.59 Å². The molecule has 0 bridgehead atoms. The highest BCUT2D eigenvalue weighted by Gasteiger charge is 2.21. The molecule has 2 rings (SSSR count). The molecule has 20 heavy (non-hydrogen) atoms. The predicted octanol–water partition coefficient (Wildman–Crippen LogP) is 1.06. The number of hydrogen-bond donors (Lipinski definition) is 1. The van der Waals surface area contributed by atoms with Crippen molar-refractivity contribution in [3.05, 3.63) is 23.9 Å². The Morgan fingerprint density at radius 2 is 2.00 bits per heavy atom. The summed E-state index contributed by atoms with van der Waals surface area (Å²) in [6.07, 6.45) is -0.905. The zero-order valence-electron chi connectivity index (χ0n) is 11.3. The van der Waals surface area contributed by atoms with Gasteiger partial charge in [0, 0.05) is 26.2 Å². The van der Waals surface area contributed by atoms with Crippen molar-refractivity contribution >= 4 is 17.9 Å². The van der Waals surface area contributed by atoms with Crippen molar-refractivity contribution in [3.8, 4) is 0 Å². The van der Waals surface area contributed by atoms with Crippen LogP contribution in [0.4, 0.5) is 10.6 Å². The van der Waals surface area contributed by atoms with Gasteiger partial charge in [-0.05, 0) is 19.1 Å². The SMILES string of the molecule is CCOC(=O)c1cccc(N2CCN(C(=O)O)CC2)n1. The maximum Gasteiger partial charge on any atom is 0.407 e. The minimum Gasteiger partial charge on any atom is -0.465 e. The zero-order valence-corrected chi connectivity index (χ0v) is 11.3. The van der Waals surface area contributed by atoms with Gasteiger partial charge < -0.3 is 19.6 Å². The average Bonchev–Trinajstić information content (AvgIpc) is 2.48. The highest BCUT2D eigenvalue weighted by molar-refractivity contribution is 5.87. The molecule has 7 heteroatoms. The van der Waals surface area contributed by atoms with Crippen molar-refractivity contribution < 1.29 is 19.4 Å². The number of hydrogen-bond acceptors (Lipinski definition) is 5. The summed E-state index contributed by atoms with van der Waals surface area (Å²) in [6, 6.07) is 5.16. The first kappa shape index (κ1) is 14.1. The molecule has 1 aliphatic rings. The van der Waals surface area contributed by atoms with Crippen molar-refractivity contribution in [2.75, 3.05) is 37.7 Å². The van der Waals surface area contributed by atoms with Crippen molar-refractivity contribution in [2.24, 2.45) is 0 Å². The fraction of sp³-hybridized carbons (Fsp3) is 0.462. The number of ether oxygens (including phenoxy) is 1. The number of carboxylic acid groups (broad SMARTS) is 1. The van der Waals surface area contributed by atoms with Crippen LogP contribution in [-0.2, 0) is 4.74 Å². The number of rotatable bonds is 3. The molecule has 0 aromatic carbocycles. The summed E-state index contributed by atoms with van der Waals surface area (Å²) in [5.74, 6) is 0.221. The summed E-state index contributed by atoms with van der Waals surface area (Å²) in [4.78, 5) is 30.1. The highest BCUT2D eigenvalue weighted by Crippen LogP contribution is 2.14. The number of piperazine rings is 1. The molecular weight excluding hydrogens is 262 g/mol. The number of carbonyl (C=O) groups is 2. The number of amides is 1. The van der Waals surface area contributed by atoms with Crippen LogP contribution in [0.5, 0.6) is 0 Å². The maximum absolute atomic E-state index is 11.6. The van der Waals surface area contributed by atoms with Crippen molar-refractivity contribution in [1.82, 2.24) is 9.88 Å². The van der Waals surface area contributed by atoms with Gasteiger partial charge in [-0.1, -0.05) is 6.07 Å². The van der Waals surface area contributed by atoms with Crippen molar-refractivity contribution in [1.29, 1.82) is 0 Å². The normalized spacial score (nSPS) is 15.1. The fourth-order valence-electron chi connectivity index (χ4n) is 2.04. The van der Waals surface area contributed by atoms with Crippen LogP contribution < -0.4 is 4.90 Å². The number of aromatic nitrogens is 1. The van der Waals surface area contributed by atoms with Crippen LogP contribution in [0.15, 0.2) is 18.2 Å². The first-order chi connectivity index (χ1) is 9.61. The summed E-state index contributed by atoms with van der Waals surface area (Å²) in [5.41, 5.74) is 0.269. The van der Waals surface area contributed by atoms with Gasteiger partial charge in [-0.3, -0.25) is 0 Å². The molecular formula is C13H17N3O4. The molecule has 0 unspecified atom stereocenters.